The van der Waals surface area contributed by atoms with Gasteiger partial charge in [-0.2, -0.15) is 0 Å². The van der Waals surface area contributed by atoms with Gasteiger partial charge in [0.15, 0.2) is 5.69 Å². The van der Waals surface area contributed by atoms with Crippen LogP contribution in [-0.2, 0) is 11.2 Å². The number of carbonyl (C=O) groups excluding carboxylic acids is 1. The first kappa shape index (κ1) is 17.6. The lowest BCUT2D eigenvalue weighted by molar-refractivity contribution is 0.0519. The van der Waals surface area contributed by atoms with Crippen molar-refractivity contribution in [3.63, 3.8) is 0 Å². The smallest absolute Gasteiger partial charge is 0.357 e. The average molecular weight is 352 g/mol. The lowest BCUT2D eigenvalue weighted by Crippen LogP contribution is -2.09. The second-order valence-electron chi connectivity index (χ2n) is 5.68. The molecule has 0 spiro atoms. The largest absolute Gasteiger partial charge is 0.495 e. The SMILES string of the molecule is CCOC(=O)c1ccnc(Cc2ccc(-n3cnc(C)c3)c(OC)c2)n1. The van der Waals surface area contributed by atoms with Crippen molar-refractivity contribution in [3.05, 3.63) is 65.8 Å². The number of ether oxygens (including phenoxy) is 2. The van der Waals surface area contributed by atoms with E-state index in [1.165, 1.54) is 0 Å². The molecular weight excluding hydrogens is 332 g/mol. The minimum absolute atomic E-state index is 0.259. The van der Waals surface area contributed by atoms with E-state index in [1.54, 1.807) is 32.6 Å². The molecule has 7 nitrogen and oxygen atoms in total. The van der Waals surface area contributed by atoms with Gasteiger partial charge >= 0.3 is 5.97 Å². The molecule has 7 heteroatoms. The topological polar surface area (TPSA) is 79.1 Å². The molecule has 0 unspecified atom stereocenters. The fourth-order valence-corrected chi connectivity index (χ4v) is 2.58. The second kappa shape index (κ2) is 7.77. The van der Waals surface area contributed by atoms with Gasteiger partial charge in [0.1, 0.15) is 11.6 Å². The number of imidazole rings is 1. The van der Waals surface area contributed by atoms with Gasteiger partial charge in [0.2, 0.25) is 0 Å². The van der Waals surface area contributed by atoms with Crippen molar-refractivity contribution in [2.24, 2.45) is 0 Å². The first-order chi connectivity index (χ1) is 12.6. The van der Waals surface area contributed by atoms with Gasteiger partial charge < -0.3 is 14.0 Å². The summed E-state index contributed by atoms with van der Waals surface area (Å²) in [5.41, 5.74) is 3.07. The molecule has 2 heterocycles. The van der Waals surface area contributed by atoms with Gasteiger partial charge in [-0.3, -0.25) is 0 Å². The monoisotopic (exact) mass is 352 g/mol. The third-order valence-electron chi connectivity index (χ3n) is 3.79. The number of aromatic nitrogens is 4. The molecule has 0 N–H and O–H groups in total. The number of methoxy groups -OCH3 is 1. The predicted octanol–water partition coefficient (Wildman–Crippen LogP) is 2.75. The van der Waals surface area contributed by atoms with Crippen molar-refractivity contribution in [3.8, 4) is 11.4 Å². The molecule has 0 aliphatic carbocycles. The molecule has 3 rings (SSSR count). The van der Waals surface area contributed by atoms with Gasteiger partial charge in [-0.1, -0.05) is 6.07 Å². The van der Waals surface area contributed by atoms with Gasteiger partial charge in [0.25, 0.3) is 0 Å². The number of carbonyl (C=O) groups is 1. The summed E-state index contributed by atoms with van der Waals surface area (Å²) in [5, 5.41) is 0. The first-order valence-corrected chi connectivity index (χ1v) is 8.27. The van der Waals surface area contributed by atoms with E-state index in [1.807, 2.05) is 35.9 Å². The van der Waals surface area contributed by atoms with Crippen LogP contribution in [0.1, 0.15) is 34.5 Å². The van der Waals surface area contributed by atoms with E-state index in [2.05, 4.69) is 15.0 Å². The molecule has 2 aromatic heterocycles. The van der Waals surface area contributed by atoms with Gasteiger partial charge in [-0.25, -0.2) is 19.7 Å². The molecule has 26 heavy (non-hydrogen) atoms. The third-order valence-corrected chi connectivity index (χ3v) is 3.79. The van der Waals surface area contributed by atoms with Gasteiger partial charge in [-0.15, -0.1) is 0 Å². The van der Waals surface area contributed by atoms with Crippen LogP contribution in [0.4, 0.5) is 0 Å². The van der Waals surface area contributed by atoms with Crippen LogP contribution >= 0.6 is 0 Å². The minimum atomic E-state index is -0.445. The van der Waals surface area contributed by atoms with Crippen molar-refractivity contribution in [1.29, 1.82) is 0 Å². The number of esters is 1. The summed E-state index contributed by atoms with van der Waals surface area (Å²) < 4.78 is 12.4. The van der Waals surface area contributed by atoms with Crippen molar-refractivity contribution in [2.45, 2.75) is 20.3 Å². The number of nitrogens with zero attached hydrogens (tertiary/aromatic N) is 4. The number of aryl methyl sites for hydroxylation is 1. The molecule has 0 radical (unpaired) electrons. The maximum Gasteiger partial charge on any atom is 0.357 e. The highest BCUT2D eigenvalue weighted by Crippen LogP contribution is 2.25. The number of hydrogen-bond donors (Lipinski definition) is 0. The Kier molecular flexibility index (Phi) is 5.26. The summed E-state index contributed by atoms with van der Waals surface area (Å²) in [6.07, 6.45) is 5.73. The Morgan fingerprint density at radius 1 is 1.23 bits per heavy atom. The molecule has 0 bridgehead atoms. The third kappa shape index (κ3) is 3.88. The highest BCUT2D eigenvalue weighted by Gasteiger charge is 2.12. The first-order valence-electron chi connectivity index (χ1n) is 8.27. The Labute approximate surface area is 151 Å². The Morgan fingerprint density at radius 2 is 2.08 bits per heavy atom. The molecule has 0 fully saturated rings. The van der Waals surface area contributed by atoms with Crippen LogP contribution in [0.2, 0.25) is 0 Å². The average Bonchev–Trinajstić information content (AvgIpc) is 3.08. The van der Waals surface area contributed by atoms with Crippen LogP contribution in [-0.4, -0.2) is 39.2 Å². The minimum Gasteiger partial charge on any atom is -0.495 e. The zero-order valence-corrected chi connectivity index (χ0v) is 15.0. The molecule has 134 valence electrons. The highest BCUT2D eigenvalue weighted by molar-refractivity contribution is 5.87. The van der Waals surface area contributed by atoms with Crippen molar-refractivity contribution in [2.75, 3.05) is 13.7 Å². The fourth-order valence-electron chi connectivity index (χ4n) is 2.58. The highest BCUT2D eigenvalue weighted by atomic mass is 16.5. The van der Waals surface area contributed by atoms with Crippen LogP contribution < -0.4 is 4.74 Å². The Balaban J connectivity index is 1.84. The van der Waals surface area contributed by atoms with E-state index in [0.29, 0.717) is 18.9 Å². The summed E-state index contributed by atoms with van der Waals surface area (Å²) in [6, 6.07) is 7.43. The van der Waals surface area contributed by atoms with E-state index >= 15 is 0 Å². The number of rotatable bonds is 6. The molecule has 0 aliphatic rings. The predicted molar refractivity (Wildman–Crippen MR) is 95.6 cm³/mol. The molecule has 0 saturated heterocycles. The second-order valence-corrected chi connectivity index (χ2v) is 5.68. The van der Waals surface area contributed by atoms with E-state index in [4.69, 9.17) is 9.47 Å². The molecular formula is C19H20N4O3. The molecule has 3 aromatic rings. The lowest BCUT2D eigenvalue weighted by atomic mass is 10.1. The molecule has 0 aliphatic heterocycles. The Bertz CT molecular complexity index is 921. The van der Waals surface area contributed by atoms with Crippen LogP contribution in [0, 0.1) is 6.92 Å². The Morgan fingerprint density at radius 3 is 2.77 bits per heavy atom. The fraction of sp³-hybridized carbons (Fsp3) is 0.263. The molecule has 0 atom stereocenters. The van der Waals surface area contributed by atoms with Crippen molar-refractivity contribution >= 4 is 5.97 Å². The van der Waals surface area contributed by atoms with Gasteiger partial charge in [0, 0.05) is 18.8 Å². The molecule has 1 aromatic carbocycles. The normalized spacial score (nSPS) is 10.6. The zero-order chi connectivity index (χ0) is 18.5. The summed E-state index contributed by atoms with van der Waals surface area (Å²) in [5.74, 6) is 0.824. The number of benzene rings is 1. The molecule has 0 saturated carbocycles. The zero-order valence-electron chi connectivity index (χ0n) is 15.0. The van der Waals surface area contributed by atoms with Crippen LogP contribution in [0.3, 0.4) is 0 Å². The summed E-state index contributed by atoms with van der Waals surface area (Å²) in [7, 11) is 1.63. The van der Waals surface area contributed by atoms with Crippen LogP contribution in [0.5, 0.6) is 5.75 Å². The van der Waals surface area contributed by atoms with E-state index in [0.717, 1.165) is 22.7 Å². The maximum atomic E-state index is 11.8. The lowest BCUT2D eigenvalue weighted by Gasteiger charge is -2.11. The van der Waals surface area contributed by atoms with E-state index in [9.17, 15) is 4.79 Å². The number of hydrogen-bond acceptors (Lipinski definition) is 6. The van der Waals surface area contributed by atoms with Crippen molar-refractivity contribution in [1.82, 2.24) is 19.5 Å². The standard InChI is InChI=1S/C19H20N4O3/c1-4-26-19(24)15-7-8-20-18(22-15)10-14-5-6-16(17(9-14)25-3)23-11-13(2)21-12-23/h5-9,11-12H,4,10H2,1-3H3. The van der Waals surface area contributed by atoms with Gasteiger partial charge in [0.05, 0.1) is 31.4 Å². The maximum absolute atomic E-state index is 11.8. The van der Waals surface area contributed by atoms with Crippen LogP contribution in [0.15, 0.2) is 43.0 Å². The summed E-state index contributed by atoms with van der Waals surface area (Å²) in [6.45, 7) is 4.01. The van der Waals surface area contributed by atoms with E-state index in [-0.39, 0.29) is 5.69 Å². The van der Waals surface area contributed by atoms with Crippen molar-refractivity contribution < 1.29 is 14.3 Å². The van der Waals surface area contributed by atoms with Gasteiger partial charge in [-0.05, 0) is 37.6 Å². The van der Waals surface area contributed by atoms with Crippen LogP contribution in [0.25, 0.3) is 5.69 Å². The molecule has 0 amide bonds. The summed E-state index contributed by atoms with van der Waals surface area (Å²) in [4.78, 5) is 24.6. The summed E-state index contributed by atoms with van der Waals surface area (Å²) >= 11 is 0. The Hall–Kier alpha value is -3.22. The quantitative estimate of drug-likeness (QED) is 0.635. The van der Waals surface area contributed by atoms with E-state index < -0.39 is 5.97 Å².